The Balaban J connectivity index is 2.47. The molecule has 0 radical (unpaired) electrons. The molecule has 0 atom stereocenters. The van der Waals surface area contributed by atoms with Crippen LogP contribution in [0.1, 0.15) is 6.92 Å². The summed E-state index contributed by atoms with van der Waals surface area (Å²) < 4.78 is 5.34. The second-order valence-electron chi connectivity index (χ2n) is 3.80. The Bertz CT molecular complexity index is 543. The van der Waals surface area contributed by atoms with Gasteiger partial charge in [-0.25, -0.2) is 0 Å². The van der Waals surface area contributed by atoms with Crippen molar-refractivity contribution >= 4 is 17.3 Å². The number of nitrogens with zero attached hydrogens (tertiary/aromatic N) is 1. The maximum absolute atomic E-state index is 6.03. The minimum absolute atomic E-state index is 0.668. The first-order valence-electron chi connectivity index (χ1n) is 5.78. The molecule has 1 N–H and O–H groups in total. The molecule has 0 spiro atoms. The van der Waals surface area contributed by atoms with Gasteiger partial charge < -0.3 is 10.1 Å². The first-order chi connectivity index (χ1) is 8.74. The second-order valence-corrected chi connectivity index (χ2v) is 4.24. The Morgan fingerprint density at radius 1 is 1.28 bits per heavy atom. The van der Waals surface area contributed by atoms with Gasteiger partial charge in [-0.15, -0.1) is 0 Å². The third-order valence-electron chi connectivity index (χ3n) is 2.58. The molecule has 0 bridgehead atoms. The minimum Gasteiger partial charge on any atom is -0.496 e. The Kier molecular flexibility index (Phi) is 4.05. The molecule has 2 rings (SSSR count). The number of nitrogens with one attached hydrogen (secondary N) is 1. The molecule has 0 unspecified atom stereocenters. The Morgan fingerprint density at radius 3 is 2.83 bits per heavy atom. The molecule has 0 saturated carbocycles. The number of hydrogen-bond donors (Lipinski definition) is 1. The lowest BCUT2D eigenvalue weighted by atomic mass is 10.1. The van der Waals surface area contributed by atoms with Crippen LogP contribution in [-0.4, -0.2) is 18.6 Å². The lowest BCUT2D eigenvalue weighted by Crippen LogP contribution is -1.97. The Labute approximate surface area is 112 Å². The zero-order chi connectivity index (χ0) is 13.0. The predicted molar refractivity (Wildman–Crippen MR) is 75.4 cm³/mol. The van der Waals surface area contributed by atoms with E-state index < -0.39 is 0 Å². The molecule has 0 amide bonds. The van der Waals surface area contributed by atoms with Gasteiger partial charge in [0.05, 0.1) is 12.8 Å². The van der Waals surface area contributed by atoms with E-state index >= 15 is 0 Å². The molecule has 2 aromatic rings. The van der Waals surface area contributed by atoms with Gasteiger partial charge in [-0.05, 0) is 37.3 Å². The van der Waals surface area contributed by atoms with Crippen molar-refractivity contribution < 1.29 is 4.74 Å². The van der Waals surface area contributed by atoms with Gasteiger partial charge in [-0.2, -0.15) is 0 Å². The van der Waals surface area contributed by atoms with E-state index in [0.717, 1.165) is 29.2 Å². The summed E-state index contributed by atoms with van der Waals surface area (Å²) in [7, 11) is 1.64. The molecule has 3 nitrogen and oxygen atoms in total. The van der Waals surface area contributed by atoms with E-state index in [1.54, 1.807) is 19.4 Å². The normalized spacial score (nSPS) is 10.2. The number of methoxy groups -OCH3 is 1. The summed E-state index contributed by atoms with van der Waals surface area (Å²) in [5, 5.41) is 3.92. The van der Waals surface area contributed by atoms with Crippen molar-refractivity contribution in [2.24, 2.45) is 0 Å². The molecular weight excluding hydrogens is 248 g/mol. The first kappa shape index (κ1) is 12.7. The number of ether oxygens (including phenoxy) is 1. The summed E-state index contributed by atoms with van der Waals surface area (Å²) in [6.45, 7) is 2.93. The van der Waals surface area contributed by atoms with Crippen molar-refractivity contribution in [2.75, 3.05) is 19.0 Å². The molecule has 0 saturated heterocycles. The monoisotopic (exact) mass is 262 g/mol. The van der Waals surface area contributed by atoms with Crippen LogP contribution in [0, 0.1) is 0 Å². The second kappa shape index (κ2) is 5.74. The molecule has 18 heavy (non-hydrogen) atoms. The van der Waals surface area contributed by atoms with E-state index in [9.17, 15) is 0 Å². The van der Waals surface area contributed by atoms with Crippen LogP contribution in [-0.2, 0) is 0 Å². The fourth-order valence-corrected chi connectivity index (χ4v) is 1.94. The largest absolute Gasteiger partial charge is 0.496 e. The number of hydrogen-bond acceptors (Lipinski definition) is 3. The smallest absolute Gasteiger partial charge is 0.128 e. The molecule has 0 aliphatic rings. The lowest BCUT2D eigenvalue weighted by Gasteiger charge is -2.10. The van der Waals surface area contributed by atoms with E-state index in [-0.39, 0.29) is 0 Å². The van der Waals surface area contributed by atoms with Gasteiger partial charge in [-0.3, -0.25) is 4.98 Å². The maximum atomic E-state index is 6.03. The number of rotatable bonds is 4. The molecular formula is C14H15ClN2O. The predicted octanol–water partition coefficient (Wildman–Crippen LogP) is 3.84. The van der Waals surface area contributed by atoms with Gasteiger partial charge in [-0.1, -0.05) is 11.6 Å². The van der Waals surface area contributed by atoms with Crippen LogP contribution in [0.4, 0.5) is 5.69 Å². The van der Waals surface area contributed by atoms with Gasteiger partial charge in [0.2, 0.25) is 0 Å². The van der Waals surface area contributed by atoms with Gasteiger partial charge in [0.15, 0.2) is 0 Å². The van der Waals surface area contributed by atoms with Gasteiger partial charge in [0.1, 0.15) is 5.75 Å². The molecule has 1 aromatic heterocycles. The molecule has 0 fully saturated rings. The van der Waals surface area contributed by atoms with Gasteiger partial charge >= 0.3 is 0 Å². The number of benzene rings is 1. The Morgan fingerprint density at radius 2 is 2.11 bits per heavy atom. The van der Waals surface area contributed by atoms with Crippen molar-refractivity contribution in [3.8, 4) is 17.0 Å². The van der Waals surface area contributed by atoms with E-state index in [2.05, 4.69) is 17.2 Å². The SMILES string of the molecule is CCNc1ccnc(-c2cc(Cl)ccc2OC)c1. The van der Waals surface area contributed by atoms with Crippen LogP contribution in [0.15, 0.2) is 36.5 Å². The fourth-order valence-electron chi connectivity index (χ4n) is 1.77. The standard InChI is InChI=1S/C14H15ClN2O/c1-3-16-11-6-7-17-13(9-11)12-8-10(15)4-5-14(12)18-2/h4-9H,3H2,1-2H3,(H,16,17). The molecule has 4 heteroatoms. The molecule has 0 aliphatic carbocycles. The summed E-state index contributed by atoms with van der Waals surface area (Å²) >= 11 is 6.03. The van der Waals surface area contributed by atoms with Crippen LogP contribution in [0.25, 0.3) is 11.3 Å². The number of pyridine rings is 1. The first-order valence-corrected chi connectivity index (χ1v) is 6.16. The average Bonchev–Trinajstić information content (AvgIpc) is 2.39. The molecule has 0 aliphatic heterocycles. The molecule has 1 aromatic carbocycles. The zero-order valence-electron chi connectivity index (χ0n) is 10.4. The minimum atomic E-state index is 0.668. The van der Waals surface area contributed by atoms with Crippen molar-refractivity contribution in [1.29, 1.82) is 0 Å². The van der Waals surface area contributed by atoms with Crippen LogP contribution >= 0.6 is 11.6 Å². The van der Waals surface area contributed by atoms with Crippen LogP contribution in [0.2, 0.25) is 5.02 Å². The number of aromatic nitrogens is 1. The van der Waals surface area contributed by atoms with E-state index in [1.807, 2.05) is 24.3 Å². The summed E-state index contributed by atoms with van der Waals surface area (Å²) in [5.74, 6) is 0.764. The zero-order valence-corrected chi connectivity index (χ0v) is 11.2. The van der Waals surface area contributed by atoms with E-state index in [0.29, 0.717) is 5.02 Å². The van der Waals surface area contributed by atoms with Gasteiger partial charge in [0.25, 0.3) is 0 Å². The highest BCUT2D eigenvalue weighted by Crippen LogP contribution is 2.32. The summed E-state index contributed by atoms with van der Waals surface area (Å²) in [6, 6.07) is 9.43. The van der Waals surface area contributed by atoms with Crippen LogP contribution in [0.3, 0.4) is 0 Å². The maximum Gasteiger partial charge on any atom is 0.128 e. The topological polar surface area (TPSA) is 34.2 Å². The highest BCUT2D eigenvalue weighted by Gasteiger charge is 2.08. The highest BCUT2D eigenvalue weighted by molar-refractivity contribution is 6.30. The molecule has 94 valence electrons. The van der Waals surface area contributed by atoms with Gasteiger partial charge in [0, 0.05) is 29.0 Å². The quantitative estimate of drug-likeness (QED) is 0.909. The summed E-state index contributed by atoms with van der Waals surface area (Å²) in [4.78, 5) is 4.36. The van der Waals surface area contributed by atoms with Crippen molar-refractivity contribution in [3.63, 3.8) is 0 Å². The van der Waals surface area contributed by atoms with Crippen molar-refractivity contribution in [1.82, 2.24) is 4.98 Å². The number of halogens is 1. The van der Waals surface area contributed by atoms with Crippen LogP contribution in [0.5, 0.6) is 5.75 Å². The van der Waals surface area contributed by atoms with Crippen molar-refractivity contribution in [2.45, 2.75) is 6.92 Å². The van der Waals surface area contributed by atoms with Crippen molar-refractivity contribution in [3.05, 3.63) is 41.6 Å². The summed E-state index contributed by atoms with van der Waals surface area (Å²) in [5.41, 5.74) is 2.77. The van der Waals surface area contributed by atoms with E-state index in [1.165, 1.54) is 0 Å². The highest BCUT2D eigenvalue weighted by atomic mass is 35.5. The fraction of sp³-hybridized carbons (Fsp3) is 0.214. The third-order valence-corrected chi connectivity index (χ3v) is 2.81. The third kappa shape index (κ3) is 2.74. The summed E-state index contributed by atoms with van der Waals surface area (Å²) in [6.07, 6.45) is 1.77. The number of anilines is 1. The lowest BCUT2D eigenvalue weighted by molar-refractivity contribution is 0.416. The Hall–Kier alpha value is -1.74. The van der Waals surface area contributed by atoms with E-state index in [4.69, 9.17) is 16.3 Å². The van der Waals surface area contributed by atoms with Crippen LogP contribution < -0.4 is 10.1 Å². The average molecular weight is 263 g/mol. The molecule has 1 heterocycles.